The average molecular weight is 314 g/mol. The molecule has 1 amide bonds. The minimum absolute atomic E-state index is 0.100. The van der Waals surface area contributed by atoms with Gasteiger partial charge in [-0.25, -0.2) is 9.67 Å². The van der Waals surface area contributed by atoms with Gasteiger partial charge in [-0.15, -0.1) is 0 Å². The standard InChI is InChI=1S/C16H22N6O/c1-11-8-12(2)22(20-11)15-10-18-9-14(19-15)21-6-4-13(5-7-21)16(23)17-3/h8-10,13H,4-7H2,1-3H3,(H,17,23). The Morgan fingerprint density at radius 3 is 2.52 bits per heavy atom. The minimum Gasteiger partial charge on any atom is -0.359 e. The van der Waals surface area contributed by atoms with Gasteiger partial charge < -0.3 is 10.2 Å². The molecule has 7 nitrogen and oxygen atoms in total. The summed E-state index contributed by atoms with van der Waals surface area (Å²) in [5.74, 6) is 1.79. The highest BCUT2D eigenvalue weighted by Crippen LogP contribution is 2.22. The van der Waals surface area contributed by atoms with E-state index in [1.807, 2.05) is 24.6 Å². The molecule has 3 rings (SSSR count). The quantitative estimate of drug-likeness (QED) is 0.922. The van der Waals surface area contributed by atoms with Gasteiger partial charge in [-0.2, -0.15) is 5.10 Å². The lowest BCUT2D eigenvalue weighted by atomic mass is 9.96. The van der Waals surface area contributed by atoms with E-state index < -0.39 is 0 Å². The maximum absolute atomic E-state index is 11.7. The molecule has 1 N–H and O–H groups in total. The maximum Gasteiger partial charge on any atom is 0.222 e. The van der Waals surface area contributed by atoms with Gasteiger partial charge in [0, 0.05) is 31.7 Å². The number of aryl methyl sites for hydroxylation is 2. The van der Waals surface area contributed by atoms with Gasteiger partial charge >= 0.3 is 0 Å². The van der Waals surface area contributed by atoms with E-state index in [9.17, 15) is 4.79 Å². The number of carbonyl (C=O) groups is 1. The molecule has 0 aromatic carbocycles. The Balaban J connectivity index is 1.76. The van der Waals surface area contributed by atoms with Crippen LogP contribution in [0.25, 0.3) is 5.82 Å². The lowest BCUT2D eigenvalue weighted by molar-refractivity contribution is -0.125. The predicted octanol–water partition coefficient (Wildman–Crippen LogP) is 1.24. The number of piperidine rings is 1. The summed E-state index contributed by atoms with van der Waals surface area (Å²) < 4.78 is 1.81. The van der Waals surface area contributed by atoms with Crippen LogP contribution < -0.4 is 10.2 Å². The summed E-state index contributed by atoms with van der Waals surface area (Å²) in [6.07, 6.45) is 5.17. The van der Waals surface area contributed by atoms with Gasteiger partial charge in [-0.1, -0.05) is 0 Å². The number of hydrogen-bond acceptors (Lipinski definition) is 5. The largest absolute Gasteiger partial charge is 0.359 e. The Labute approximate surface area is 135 Å². The van der Waals surface area contributed by atoms with E-state index in [2.05, 4.69) is 20.3 Å². The molecule has 0 atom stereocenters. The number of rotatable bonds is 3. The van der Waals surface area contributed by atoms with E-state index in [1.165, 1.54) is 0 Å². The van der Waals surface area contributed by atoms with Crippen molar-refractivity contribution in [2.24, 2.45) is 5.92 Å². The van der Waals surface area contributed by atoms with Gasteiger partial charge in [0.05, 0.1) is 18.1 Å². The van der Waals surface area contributed by atoms with Gasteiger partial charge in [0.1, 0.15) is 5.82 Å². The topological polar surface area (TPSA) is 75.9 Å². The Kier molecular flexibility index (Phi) is 4.27. The molecular weight excluding hydrogens is 292 g/mol. The molecule has 1 fully saturated rings. The molecule has 23 heavy (non-hydrogen) atoms. The van der Waals surface area contributed by atoms with E-state index in [4.69, 9.17) is 4.98 Å². The van der Waals surface area contributed by atoms with Crippen molar-refractivity contribution < 1.29 is 4.79 Å². The van der Waals surface area contributed by atoms with Crippen molar-refractivity contribution in [1.82, 2.24) is 25.1 Å². The molecule has 1 aliphatic heterocycles. The summed E-state index contributed by atoms with van der Waals surface area (Å²) >= 11 is 0. The van der Waals surface area contributed by atoms with E-state index in [1.54, 1.807) is 19.4 Å². The van der Waals surface area contributed by atoms with Gasteiger partial charge in [-0.3, -0.25) is 9.78 Å². The highest BCUT2D eigenvalue weighted by molar-refractivity contribution is 5.78. The highest BCUT2D eigenvalue weighted by Gasteiger charge is 2.25. The first-order chi connectivity index (χ1) is 11.1. The van der Waals surface area contributed by atoms with Crippen LogP contribution >= 0.6 is 0 Å². The Bertz CT molecular complexity index is 702. The molecule has 7 heteroatoms. The Morgan fingerprint density at radius 2 is 1.91 bits per heavy atom. The molecule has 122 valence electrons. The summed E-state index contributed by atoms with van der Waals surface area (Å²) in [5.41, 5.74) is 1.99. The van der Waals surface area contributed by atoms with Crippen LogP contribution in [-0.4, -0.2) is 45.8 Å². The van der Waals surface area contributed by atoms with Crippen molar-refractivity contribution in [1.29, 1.82) is 0 Å². The second kappa shape index (κ2) is 6.36. The Hall–Kier alpha value is -2.44. The van der Waals surface area contributed by atoms with Crippen LogP contribution in [0, 0.1) is 19.8 Å². The second-order valence-electron chi connectivity index (χ2n) is 5.95. The van der Waals surface area contributed by atoms with Crippen LogP contribution in [0.1, 0.15) is 24.2 Å². The van der Waals surface area contributed by atoms with Crippen molar-refractivity contribution in [3.05, 3.63) is 29.8 Å². The highest BCUT2D eigenvalue weighted by atomic mass is 16.1. The predicted molar refractivity (Wildman–Crippen MR) is 87.6 cm³/mol. The van der Waals surface area contributed by atoms with Gasteiger partial charge in [0.15, 0.2) is 5.82 Å². The number of nitrogens with one attached hydrogen (secondary N) is 1. The zero-order valence-corrected chi connectivity index (χ0v) is 13.8. The van der Waals surface area contributed by atoms with E-state index in [0.29, 0.717) is 0 Å². The smallest absolute Gasteiger partial charge is 0.222 e. The van der Waals surface area contributed by atoms with E-state index in [0.717, 1.165) is 49.0 Å². The lowest BCUT2D eigenvalue weighted by Crippen LogP contribution is -2.40. The third kappa shape index (κ3) is 3.18. The molecule has 0 bridgehead atoms. The third-order valence-corrected chi connectivity index (χ3v) is 4.27. The summed E-state index contributed by atoms with van der Waals surface area (Å²) in [6.45, 7) is 5.59. The van der Waals surface area contributed by atoms with Crippen molar-refractivity contribution in [3.63, 3.8) is 0 Å². The van der Waals surface area contributed by atoms with E-state index >= 15 is 0 Å². The molecule has 0 radical (unpaired) electrons. The number of nitrogens with zero attached hydrogens (tertiary/aromatic N) is 5. The number of anilines is 1. The summed E-state index contributed by atoms with van der Waals surface area (Å²) in [7, 11) is 1.69. The number of hydrogen-bond donors (Lipinski definition) is 1. The molecule has 2 aromatic heterocycles. The first-order valence-corrected chi connectivity index (χ1v) is 7.90. The third-order valence-electron chi connectivity index (χ3n) is 4.27. The fraction of sp³-hybridized carbons (Fsp3) is 0.500. The maximum atomic E-state index is 11.7. The van der Waals surface area contributed by atoms with Gasteiger partial charge in [0.25, 0.3) is 0 Å². The summed E-state index contributed by atoms with van der Waals surface area (Å²) in [6, 6.07) is 2.02. The number of carbonyl (C=O) groups excluding carboxylic acids is 1. The zero-order chi connectivity index (χ0) is 16.4. The molecule has 3 heterocycles. The zero-order valence-electron chi connectivity index (χ0n) is 13.8. The normalized spacial score (nSPS) is 15.7. The average Bonchev–Trinajstić information content (AvgIpc) is 2.93. The van der Waals surface area contributed by atoms with Crippen LogP contribution in [0.15, 0.2) is 18.5 Å². The second-order valence-corrected chi connectivity index (χ2v) is 5.95. The van der Waals surface area contributed by atoms with Crippen LogP contribution in [-0.2, 0) is 4.79 Å². The fourth-order valence-corrected chi connectivity index (χ4v) is 3.04. The Morgan fingerprint density at radius 1 is 1.22 bits per heavy atom. The van der Waals surface area contributed by atoms with Crippen molar-refractivity contribution in [2.75, 3.05) is 25.0 Å². The molecular formula is C16H22N6O. The monoisotopic (exact) mass is 314 g/mol. The fourth-order valence-electron chi connectivity index (χ4n) is 3.04. The van der Waals surface area contributed by atoms with Crippen LogP contribution in [0.3, 0.4) is 0 Å². The molecule has 1 saturated heterocycles. The summed E-state index contributed by atoms with van der Waals surface area (Å²) in [4.78, 5) is 22.9. The summed E-state index contributed by atoms with van der Waals surface area (Å²) in [5, 5.41) is 7.19. The molecule has 0 spiro atoms. The minimum atomic E-state index is 0.100. The molecule has 0 saturated carbocycles. The van der Waals surface area contributed by atoms with Crippen LogP contribution in [0.2, 0.25) is 0 Å². The van der Waals surface area contributed by atoms with Crippen molar-refractivity contribution in [3.8, 4) is 5.82 Å². The first-order valence-electron chi connectivity index (χ1n) is 7.90. The molecule has 2 aromatic rings. The SMILES string of the molecule is CNC(=O)C1CCN(c2cncc(-n3nc(C)cc3C)n2)CC1. The van der Waals surface area contributed by atoms with Crippen LogP contribution in [0.5, 0.6) is 0 Å². The molecule has 0 unspecified atom stereocenters. The van der Waals surface area contributed by atoms with Crippen LogP contribution in [0.4, 0.5) is 5.82 Å². The number of aromatic nitrogens is 4. The van der Waals surface area contributed by atoms with Gasteiger partial charge in [0.2, 0.25) is 5.91 Å². The van der Waals surface area contributed by atoms with Crippen molar-refractivity contribution in [2.45, 2.75) is 26.7 Å². The number of amides is 1. The molecule has 1 aliphatic rings. The lowest BCUT2D eigenvalue weighted by Gasteiger charge is -2.31. The van der Waals surface area contributed by atoms with E-state index in [-0.39, 0.29) is 11.8 Å². The van der Waals surface area contributed by atoms with Gasteiger partial charge in [-0.05, 0) is 32.8 Å². The first kappa shape index (κ1) is 15.5. The molecule has 0 aliphatic carbocycles. The van der Waals surface area contributed by atoms with Crippen molar-refractivity contribution >= 4 is 11.7 Å².